The summed E-state index contributed by atoms with van der Waals surface area (Å²) in [5.41, 5.74) is 0.215. The molecule has 0 spiro atoms. The molecular formula is C14H21ClFNO4S2. The summed E-state index contributed by atoms with van der Waals surface area (Å²) in [6.45, 7) is 5.15. The van der Waals surface area contributed by atoms with Crippen LogP contribution >= 0.6 is 11.6 Å². The van der Waals surface area contributed by atoms with Crippen molar-refractivity contribution in [2.24, 2.45) is 0 Å². The molecule has 0 aliphatic carbocycles. The Kier molecular flexibility index (Phi) is 7.15. The van der Waals surface area contributed by atoms with Gasteiger partial charge in [0.2, 0.25) is 0 Å². The van der Waals surface area contributed by atoms with Gasteiger partial charge in [0.1, 0.15) is 5.82 Å². The van der Waals surface area contributed by atoms with E-state index in [0.29, 0.717) is 0 Å². The van der Waals surface area contributed by atoms with E-state index in [1.54, 1.807) is 26.8 Å². The van der Waals surface area contributed by atoms with E-state index in [9.17, 15) is 17.0 Å². The fourth-order valence-electron chi connectivity index (χ4n) is 1.69. The van der Waals surface area contributed by atoms with Crippen molar-refractivity contribution < 1.29 is 21.2 Å². The molecule has 0 aliphatic heterocycles. The molecule has 0 amide bonds. The van der Waals surface area contributed by atoms with E-state index in [2.05, 4.69) is 4.72 Å². The molecule has 1 rings (SSSR count). The summed E-state index contributed by atoms with van der Waals surface area (Å²) in [4.78, 5) is 0. The van der Waals surface area contributed by atoms with Gasteiger partial charge in [-0.3, -0.25) is 4.18 Å². The Bertz CT molecular complexity index is 674. The van der Waals surface area contributed by atoms with Crippen LogP contribution in [0.15, 0.2) is 18.2 Å². The maximum absolute atomic E-state index is 14.2. The molecule has 0 fully saturated rings. The second-order valence-electron chi connectivity index (χ2n) is 6.01. The van der Waals surface area contributed by atoms with Crippen LogP contribution < -0.4 is 4.72 Å². The number of hydrogen-bond acceptors (Lipinski definition) is 4. The van der Waals surface area contributed by atoms with Crippen LogP contribution in [-0.2, 0) is 25.3 Å². The van der Waals surface area contributed by atoms with Crippen molar-refractivity contribution in [1.82, 2.24) is 4.72 Å². The van der Waals surface area contributed by atoms with Crippen LogP contribution in [0.1, 0.15) is 38.8 Å². The number of hydrogen-bond donors (Lipinski definition) is 1. The maximum atomic E-state index is 14.2. The van der Waals surface area contributed by atoms with Gasteiger partial charge in [0, 0.05) is 11.6 Å². The van der Waals surface area contributed by atoms with Crippen molar-refractivity contribution in [3.8, 4) is 0 Å². The highest BCUT2D eigenvalue weighted by Gasteiger charge is 2.26. The Balaban J connectivity index is 3.01. The van der Waals surface area contributed by atoms with E-state index in [1.165, 1.54) is 12.1 Å². The number of benzene rings is 1. The summed E-state index contributed by atoms with van der Waals surface area (Å²) >= 11 is 5.79. The Hall–Kier alpha value is -0.540. The molecule has 0 aliphatic rings. The van der Waals surface area contributed by atoms with Crippen LogP contribution in [0.5, 0.6) is 0 Å². The van der Waals surface area contributed by atoms with E-state index < -0.39 is 37.7 Å². The van der Waals surface area contributed by atoms with Crippen LogP contribution in [0.3, 0.4) is 0 Å². The van der Waals surface area contributed by atoms with Gasteiger partial charge in [0.05, 0.1) is 33.6 Å². The third kappa shape index (κ3) is 6.84. The van der Waals surface area contributed by atoms with Gasteiger partial charge in [-0.15, -0.1) is 0 Å². The second-order valence-corrected chi connectivity index (χ2v) is 10.1. The average molecular weight is 386 g/mol. The third-order valence-corrected chi connectivity index (χ3v) is 5.36. The SMILES string of the molecule is CC(C)(C)[S@](=O)N[C@H](CCOS(C)(=O)=O)c1cccc(Cl)c1F. The third-order valence-electron chi connectivity index (χ3n) is 2.87. The fourth-order valence-corrected chi connectivity index (χ4v) is 3.13. The first kappa shape index (κ1) is 20.5. The normalized spacial score (nSPS) is 15.4. The van der Waals surface area contributed by atoms with Gasteiger partial charge < -0.3 is 0 Å². The zero-order chi connectivity index (χ0) is 17.8. The van der Waals surface area contributed by atoms with E-state index in [-0.39, 0.29) is 23.6 Å². The largest absolute Gasteiger partial charge is 0.270 e. The molecule has 1 aromatic rings. The molecular weight excluding hydrogens is 365 g/mol. The maximum Gasteiger partial charge on any atom is 0.264 e. The minimum absolute atomic E-state index is 0.0557. The first-order valence-corrected chi connectivity index (χ1v) is 10.2. The zero-order valence-electron chi connectivity index (χ0n) is 13.4. The van der Waals surface area contributed by atoms with Crippen LogP contribution in [0.4, 0.5) is 4.39 Å². The molecule has 1 aromatic carbocycles. The predicted octanol–water partition coefficient (Wildman–Crippen LogP) is 2.94. The summed E-state index contributed by atoms with van der Waals surface area (Å²) in [6, 6.07) is 3.80. The minimum atomic E-state index is -3.60. The van der Waals surface area contributed by atoms with E-state index in [4.69, 9.17) is 15.8 Å². The summed E-state index contributed by atoms with van der Waals surface area (Å²) < 4.78 is 55.6. The van der Waals surface area contributed by atoms with Gasteiger partial charge in [-0.1, -0.05) is 23.7 Å². The molecule has 0 radical (unpaired) electrons. The summed E-state index contributed by atoms with van der Waals surface area (Å²) in [5, 5.41) is -0.0557. The van der Waals surface area contributed by atoms with Crippen molar-refractivity contribution in [3.63, 3.8) is 0 Å². The zero-order valence-corrected chi connectivity index (χ0v) is 15.8. The number of halogens is 2. The minimum Gasteiger partial charge on any atom is -0.270 e. The molecule has 23 heavy (non-hydrogen) atoms. The highest BCUT2D eigenvalue weighted by molar-refractivity contribution is 7.86. The monoisotopic (exact) mass is 385 g/mol. The molecule has 0 heterocycles. The number of nitrogens with one attached hydrogen (secondary N) is 1. The number of rotatable bonds is 7. The molecule has 9 heteroatoms. The second kappa shape index (κ2) is 8.02. The highest BCUT2D eigenvalue weighted by atomic mass is 35.5. The van der Waals surface area contributed by atoms with Crippen molar-refractivity contribution in [3.05, 3.63) is 34.6 Å². The van der Waals surface area contributed by atoms with Crippen LogP contribution in [0.25, 0.3) is 0 Å². The van der Waals surface area contributed by atoms with Crippen LogP contribution in [0.2, 0.25) is 5.02 Å². The van der Waals surface area contributed by atoms with Crippen molar-refractivity contribution in [2.75, 3.05) is 12.9 Å². The van der Waals surface area contributed by atoms with E-state index >= 15 is 0 Å². The van der Waals surface area contributed by atoms with Crippen molar-refractivity contribution in [2.45, 2.75) is 38.0 Å². The lowest BCUT2D eigenvalue weighted by Crippen LogP contribution is -2.36. The Morgan fingerprint density at radius 1 is 1.39 bits per heavy atom. The lowest BCUT2D eigenvalue weighted by Gasteiger charge is -2.25. The molecule has 0 bridgehead atoms. The van der Waals surface area contributed by atoms with Gasteiger partial charge in [-0.05, 0) is 33.3 Å². The topological polar surface area (TPSA) is 72.5 Å². The van der Waals surface area contributed by atoms with Crippen LogP contribution in [-0.4, -0.2) is 30.2 Å². The predicted molar refractivity (Wildman–Crippen MR) is 90.6 cm³/mol. The van der Waals surface area contributed by atoms with Gasteiger partial charge >= 0.3 is 0 Å². The smallest absolute Gasteiger partial charge is 0.264 e. The first-order valence-electron chi connectivity index (χ1n) is 6.88. The molecule has 1 N–H and O–H groups in total. The molecule has 132 valence electrons. The average Bonchev–Trinajstić information content (AvgIpc) is 2.38. The molecule has 0 unspecified atom stereocenters. The molecule has 2 atom stereocenters. The quantitative estimate of drug-likeness (QED) is 0.732. The van der Waals surface area contributed by atoms with Gasteiger partial charge in [0.15, 0.2) is 0 Å². The lowest BCUT2D eigenvalue weighted by molar-refractivity contribution is 0.299. The molecule has 0 aromatic heterocycles. The van der Waals surface area contributed by atoms with Gasteiger partial charge in [-0.25, -0.2) is 13.3 Å². The van der Waals surface area contributed by atoms with Gasteiger partial charge in [-0.2, -0.15) is 8.42 Å². The summed E-state index contributed by atoms with van der Waals surface area (Å²) in [6.07, 6.45) is 1.05. The first-order chi connectivity index (χ1) is 10.4. The molecule has 0 saturated carbocycles. The van der Waals surface area contributed by atoms with E-state index in [0.717, 1.165) is 6.26 Å². The fraction of sp³-hybridized carbons (Fsp3) is 0.571. The molecule has 0 saturated heterocycles. The Morgan fingerprint density at radius 3 is 2.52 bits per heavy atom. The van der Waals surface area contributed by atoms with Crippen molar-refractivity contribution >= 4 is 32.7 Å². The van der Waals surface area contributed by atoms with Gasteiger partial charge in [0.25, 0.3) is 10.1 Å². The molecule has 5 nitrogen and oxygen atoms in total. The Labute approximate surface area is 144 Å². The lowest BCUT2D eigenvalue weighted by atomic mass is 10.0. The van der Waals surface area contributed by atoms with E-state index in [1.807, 2.05) is 0 Å². The Morgan fingerprint density at radius 2 is 2.00 bits per heavy atom. The summed E-state index contributed by atoms with van der Waals surface area (Å²) in [5.74, 6) is -0.628. The highest BCUT2D eigenvalue weighted by Crippen LogP contribution is 2.27. The van der Waals surface area contributed by atoms with Crippen molar-refractivity contribution in [1.29, 1.82) is 0 Å². The summed E-state index contributed by atoms with van der Waals surface area (Å²) in [7, 11) is -5.07. The standard InChI is InChI=1S/C14H21ClFNO4S2/c1-14(2,3)22(18)17-12(8-9-21-23(4,19)20)10-6-5-7-11(15)13(10)16/h5-7,12,17H,8-9H2,1-4H3/t12-,22+/m1/s1. The van der Waals surface area contributed by atoms with Crippen LogP contribution in [0, 0.1) is 5.82 Å².